The molecule has 2 aromatic rings. The molecule has 6 nitrogen and oxygen atoms in total. The van der Waals surface area contributed by atoms with Crippen LogP contribution < -0.4 is 0 Å². The molecule has 0 radical (unpaired) electrons. The van der Waals surface area contributed by atoms with Crippen molar-refractivity contribution in [2.24, 2.45) is 5.16 Å². The van der Waals surface area contributed by atoms with Crippen molar-refractivity contribution in [1.82, 2.24) is 4.57 Å². The van der Waals surface area contributed by atoms with E-state index in [0.29, 0.717) is 0 Å². The van der Waals surface area contributed by atoms with Gasteiger partial charge in [-0.2, -0.15) is 0 Å². The number of benzene rings is 1. The zero-order valence-corrected chi connectivity index (χ0v) is 10.6. The molecule has 0 amide bonds. The summed E-state index contributed by atoms with van der Waals surface area (Å²) >= 11 is 0. The van der Waals surface area contributed by atoms with Gasteiger partial charge in [-0.3, -0.25) is 10.1 Å². The molecule has 0 aliphatic carbocycles. The summed E-state index contributed by atoms with van der Waals surface area (Å²) in [7, 11) is 0. The molecule has 1 aromatic heterocycles. The number of non-ortho nitro benzene ring substituents is 1. The van der Waals surface area contributed by atoms with E-state index in [2.05, 4.69) is 5.16 Å². The first kappa shape index (κ1) is 12.8. The average Bonchev–Trinajstić information content (AvgIpc) is 2.65. The predicted octanol–water partition coefficient (Wildman–Crippen LogP) is 2.81. The third-order valence-corrected chi connectivity index (χ3v) is 2.99. The molecule has 0 saturated heterocycles. The fraction of sp³-hybridized carbons (Fsp3) is 0.154. The summed E-state index contributed by atoms with van der Waals surface area (Å²) in [4.78, 5) is 10.2. The van der Waals surface area contributed by atoms with Crippen molar-refractivity contribution in [3.05, 3.63) is 57.4 Å². The Morgan fingerprint density at radius 3 is 2.47 bits per heavy atom. The van der Waals surface area contributed by atoms with Crippen molar-refractivity contribution >= 4 is 11.9 Å². The van der Waals surface area contributed by atoms with Gasteiger partial charge in [0.05, 0.1) is 11.1 Å². The molecule has 0 spiro atoms. The van der Waals surface area contributed by atoms with Gasteiger partial charge in [0.1, 0.15) is 0 Å². The Balaban J connectivity index is 2.50. The molecule has 0 atom stereocenters. The number of nitro groups is 1. The molecule has 1 heterocycles. The minimum absolute atomic E-state index is 0.0587. The molecule has 0 saturated carbocycles. The molecule has 1 aromatic carbocycles. The quantitative estimate of drug-likeness (QED) is 0.398. The van der Waals surface area contributed by atoms with Gasteiger partial charge in [0.25, 0.3) is 5.69 Å². The van der Waals surface area contributed by atoms with Gasteiger partial charge in [-0.25, -0.2) is 0 Å². The number of aromatic nitrogens is 1. The third-order valence-electron chi connectivity index (χ3n) is 2.99. The molecule has 0 unspecified atom stereocenters. The Morgan fingerprint density at radius 2 is 1.95 bits per heavy atom. The van der Waals surface area contributed by atoms with Gasteiger partial charge in [-0.1, -0.05) is 5.16 Å². The molecule has 0 aliphatic rings. The van der Waals surface area contributed by atoms with E-state index in [1.165, 1.54) is 18.3 Å². The van der Waals surface area contributed by atoms with Crippen molar-refractivity contribution in [3.63, 3.8) is 0 Å². The Hall–Kier alpha value is -2.63. The standard InChI is InChI=1S/C13H13N3O3/c1-9-7-11(8-14-17)10(2)15(9)12-3-5-13(6-4-12)16(18)19/h3-8,17H,1-2H3. The maximum Gasteiger partial charge on any atom is 0.269 e. The van der Waals surface area contributed by atoms with Crippen molar-refractivity contribution < 1.29 is 10.1 Å². The van der Waals surface area contributed by atoms with Crippen LogP contribution in [-0.2, 0) is 0 Å². The zero-order valence-electron chi connectivity index (χ0n) is 10.6. The first-order valence-corrected chi connectivity index (χ1v) is 5.66. The summed E-state index contributed by atoms with van der Waals surface area (Å²) in [5, 5.41) is 22.2. The van der Waals surface area contributed by atoms with E-state index >= 15 is 0 Å². The highest BCUT2D eigenvalue weighted by molar-refractivity contribution is 5.81. The lowest BCUT2D eigenvalue weighted by Gasteiger charge is -2.09. The summed E-state index contributed by atoms with van der Waals surface area (Å²) < 4.78 is 1.95. The van der Waals surface area contributed by atoms with Crippen LogP contribution in [0, 0.1) is 24.0 Å². The molecule has 1 N–H and O–H groups in total. The Bertz CT molecular complexity index is 642. The van der Waals surface area contributed by atoms with Crippen LogP contribution in [0.3, 0.4) is 0 Å². The van der Waals surface area contributed by atoms with Gasteiger partial charge in [-0.15, -0.1) is 0 Å². The predicted molar refractivity (Wildman–Crippen MR) is 71.3 cm³/mol. The molecule has 98 valence electrons. The molecule has 0 bridgehead atoms. The number of rotatable bonds is 3. The smallest absolute Gasteiger partial charge is 0.269 e. The molecular weight excluding hydrogens is 246 g/mol. The van der Waals surface area contributed by atoms with Crippen LogP contribution >= 0.6 is 0 Å². The minimum atomic E-state index is -0.428. The second-order valence-corrected chi connectivity index (χ2v) is 4.18. The SMILES string of the molecule is Cc1cc(C=NO)c(C)n1-c1ccc([N+](=O)[O-])cc1. The maximum absolute atomic E-state index is 10.6. The third kappa shape index (κ3) is 2.33. The van der Waals surface area contributed by atoms with Crippen molar-refractivity contribution in [1.29, 1.82) is 0 Å². The van der Waals surface area contributed by atoms with E-state index in [9.17, 15) is 10.1 Å². The van der Waals surface area contributed by atoms with E-state index in [0.717, 1.165) is 22.6 Å². The second-order valence-electron chi connectivity index (χ2n) is 4.18. The number of oxime groups is 1. The highest BCUT2D eigenvalue weighted by Crippen LogP contribution is 2.21. The van der Waals surface area contributed by atoms with Crippen LogP contribution in [0.15, 0.2) is 35.5 Å². The largest absolute Gasteiger partial charge is 0.411 e. The van der Waals surface area contributed by atoms with E-state index < -0.39 is 4.92 Å². The topological polar surface area (TPSA) is 80.7 Å². The van der Waals surface area contributed by atoms with Crippen molar-refractivity contribution in [2.45, 2.75) is 13.8 Å². The maximum atomic E-state index is 10.6. The lowest BCUT2D eigenvalue weighted by Crippen LogP contribution is -2.00. The molecule has 6 heteroatoms. The van der Waals surface area contributed by atoms with Crippen molar-refractivity contribution in [3.8, 4) is 5.69 Å². The first-order chi connectivity index (χ1) is 9.04. The first-order valence-electron chi connectivity index (χ1n) is 5.66. The molecule has 0 fully saturated rings. The highest BCUT2D eigenvalue weighted by atomic mass is 16.6. The van der Waals surface area contributed by atoms with E-state index in [1.807, 2.05) is 24.5 Å². The average molecular weight is 259 g/mol. The monoisotopic (exact) mass is 259 g/mol. The van der Waals surface area contributed by atoms with Gasteiger partial charge >= 0.3 is 0 Å². The Labute approximate surface area is 109 Å². The van der Waals surface area contributed by atoms with Gasteiger partial charge < -0.3 is 9.77 Å². The molecule has 19 heavy (non-hydrogen) atoms. The summed E-state index contributed by atoms with van der Waals surface area (Å²) in [6, 6.07) is 8.20. The van der Waals surface area contributed by atoms with E-state index in [-0.39, 0.29) is 5.69 Å². The van der Waals surface area contributed by atoms with Crippen LogP contribution in [0.25, 0.3) is 5.69 Å². The van der Waals surface area contributed by atoms with Crippen molar-refractivity contribution in [2.75, 3.05) is 0 Å². The van der Waals surface area contributed by atoms with Crippen LogP contribution in [0.4, 0.5) is 5.69 Å². The van der Waals surface area contributed by atoms with Crippen LogP contribution in [0.5, 0.6) is 0 Å². The van der Waals surface area contributed by atoms with E-state index in [4.69, 9.17) is 5.21 Å². The summed E-state index contributed by atoms with van der Waals surface area (Å²) in [6.07, 6.45) is 1.37. The number of aryl methyl sites for hydroxylation is 1. The lowest BCUT2D eigenvalue weighted by atomic mass is 10.2. The number of nitro benzene ring substituents is 1. The fourth-order valence-electron chi connectivity index (χ4n) is 2.10. The van der Waals surface area contributed by atoms with E-state index in [1.54, 1.807) is 12.1 Å². The Kier molecular flexibility index (Phi) is 3.33. The normalized spacial score (nSPS) is 11.1. The Morgan fingerprint density at radius 1 is 1.32 bits per heavy atom. The van der Waals surface area contributed by atoms with Crippen LogP contribution in [0.1, 0.15) is 17.0 Å². The molecule has 0 aliphatic heterocycles. The minimum Gasteiger partial charge on any atom is -0.411 e. The van der Waals surface area contributed by atoms with Crippen LogP contribution in [-0.4, -0.2) is 20.9 Å². The molecular formula is C13H13N3O3. The number of hydrogen-bond acceptors (Lipinski definition) is 4. The van der Waals surface area contributed by atoms with Gasteiger partial charge in [0, 0.05) is 34.8 Å². The molecule has 2 rings (SSSR count). The number of nitrogens with zero attached hydrogens (tertiary/aromatic N) is 3. The number of hydrogen-bond donors (Lipinski definition) is 1. The highest BCUT2D eigenvalue weighted by Gasteiger charge is 2.11. The fourth-order valence-corrected chi connectivity index (χ4v) is 2.10. The van der Waals surface area contributed by atoms with Gasteiger partial charge in [-0.05, 0) is 32.0 Å². The second kappa shape index (κ2) is 4.93. The summed E-state index contributed by atoms with van der Waals surface area (Å²) in [5.74, 6) is 0. The lowest BCUT2D eigenvalue weighted by molar-refractivity contribution is -0.384. The zero-order chi connectivity index (χ0) is 14.0. The van der Waals surface area contributed by atoms with Crippen LogP contribution in [0.2, 0.25) is 0 Å². The van der Waals surface area contributed by atoms with Gasteiger partial charge in [0.15, 0.2) is 0 Å². The summed E-state index contributed by atoms with van der Waals surface area (Å²) in [6.45, 7) is 3.81. The summed E-state index contributed by atoms with van der Waals surface area (Å²) in [5.41, 5.74) is 3.56. The van der Waals surface area contributed by atoms with Gasteiger partial charge in [0.2, 0.25) is 0 Å².